The van der Waals surface area contributed by atoms with E-state index in [0.29, 0.717) is 11.1 Å². The number of halogens is 1. The summed E-state index contributed by atoms with van der Waals surface area (Å²) in [5.74, 6) is 6.61. The molecule has 2 aromatic rings. The van der Waals surface area contributed by atoms with Crippen LogP contribution in [0.15, 0.2) is 48.5 Å². The molecule has 0 bridgehead atoms. The summed E-state index contributed by atoms with van der Waals surface area (Å²) in [4.78, 5) is 0. The van der Waals surface area contributed by atoms with Crippen LogP contribution in [0.1, 0.15) is 30.0 Å². The van der Waals surface area contributed by atoms with Gasteiger partial charge in [0.2, 0.25) is 0 Å². The van der Waals surface area contributed by atoms with Crippen LogP contribution >= 0.6 is 11.6 Å². The van der Waals surface area contributed by atoms with Gasteiger partial charge in [0.1, 0.15) is 5.75 Å². The minimum atomic E-state index is -0.101. The van der Waals surface area contributed by atoms with Crippen LogP contribution in [0, 0.1) is 0 Å². The molecule has 1 unspecified atom stereocenters. The quantitative estimate of drug-likeness (QED) is 0.654. The van der Waals surface area contributed by atoms with E-state index in [4.69, 9.17) is 22.2 Å². The fourth-order valence-electron chi connectivity index (χ4n) is 2.22. The molecule has 0 aliphatic heterocycles. The lowest BCUT2D eigenvalue weighted by molar-refractivity contribution is 0.302. The highest BCUT2D eigenvalue weighted by atomic mass is 35.5. The molecule has 1 atom stereocenters. The van der Waals surface area contributed by atoms with Gasteiger partial charge in [-0.3, -0.25) is 5.84 Å². The first-order chi connectivity index (χ1) is 9.76. The Hall–Kier alpha value is -1.55. The van der Waals surface area contributed by atoms with Gasteiger partial charge in [0.25, 0.3) is 0 Å². The fraction of sp³-hybridized carbons (Fsp3) is 0.250. The Labute approximate surface area is 123 Å². The van der Waals surface area contributed by atoms with Crippen molar-refractivity contribution >= 4 is 11.6 Å². The maximum absolute atomic E-state index is 6.05. The molecule has 0 saturated heterocycles. The fourth-order valence-corrected chi connectivity index (χ4v) is 2.42. The largest absolute Gasteiger partial charge is 0.490 e. The third kappa shape index (κ3) is 3.12. The van der Waals surface area contributed by atoms with Gasteiger partial charge in [-0.2, -0.15) is 0 Å². The van der Waals surface area contributed by atoms with Gasteiger partial charge < -0.3 is 4.74 Å². The van der Waals surface area contributed by atoms with Gasteiger partial charge in [0, 0.05) is 5.02 Å². The van der Waals surface area contributed by atoms with Crippen LogP contribution in [0.25, 0.3) is 0 Å². The summed E-state index contributed by atoms with van der Waals surface area (Å²) in [6, 6.07) is 15.6. The Morgan fingerprint density at radius 3 is 2.45 bits per heavy atom. The van der Waals surface area contributed by atoms with E-state index in [2.05, 4.69) is 5.43 Å². The first-order valence-corrected chi connectivity index (χ1v) is 7.12. The Morgan fingerprint density at radius 1 is 1.10 bits per heavy atom. The van der Waals surface area contributed by atoms with Crippen LogP contribution in [0.4, 0.5) is 0 Å². The molecular weight excluding hydrogens is 272 g/mol. The van der Waals surface area contributed by atoms with Gasteiger partial charge in [0.05, 0.1) is 12.1 Å². The number of benzene rings is 2. The van der Waals surface area contributed by atoms with E-state index >= 15 is 0 Å². The Kier molecular flexibility index (Phi) is 3.92. The van der Waals surface area contributed by atoms with Crippen molar-refractivity contribution < 1.29 is 4.74 Å². The van der Waals surface area contributed by atoms with Crippen molar-refractivity contribution in [3.05, 3.63) is 64.7 Å². The number of rotatable bonds is 5. The molecule has 1 aliphatic carbocycles. The van der Waals surface area contributed by atoms with Crippen LogP contribution in [0.2, 0.25) is 5.02 Å². The second-order valence-electron chi connectivity index (χ2n) is 5.04. The molecule has 3 N–H and O–H groups in total. The summed E-state index contributed by atoms with van der Waals surface area (Å²) in [7, 11) is 0. The SMILES string of the molecule is NNC(c1cccc(Cl)c1)c1cccc(OC2CC2)c1. The van der Waals surface area contributed by atoms with Gasteiger partial charge in [-0.25, -0.2) is 5.43 Å². The predicted octanol–water partition coefficient (Wildman–Crippen LogP) is 3.43. The molecular formula is C16H17ClN2O. The lowest BCUT2D eigenvalue weighted by Gasteiger charge is -2.18. The summed E-state index contributed by atoms with van der Waals surface area (Å²) in [6.07, 6.45) is 2.69. The van der Waals surface area contributed by atoms with Crippen molar-refractivity contribution in [2.24, 2.45) is 5.84 Å². The van der Waals surface area contributed by atoms with E-state index < -0.39 is 0 Å². The molecule has 0 heterocycles. The maximum atomic E-state index is 6.05. The summed E-state index contributed by atoms with van der Waals surface area (Å²) in [5, 5.41) is 0.702. The molecule has 0 amide bonds. The number of nitrogens with one attached hydrogen (secondary N) is 1. The van der Waals surface area contributed by atoms with Crippen LogP contribution < -0.4 is 16.0 Å². The number of hydrogen-bond donors (Lipinski definition) is 2. The molecule has 20 heavy (non-hydrogen) atoms. The zero-order valence-corrected chi connectivity index (χ0v) is 11.8. The molecule has 0 radical (unpaired) electrons. The van der Waals surface area contributed by atoms with E-state index in [-0.39, 0.29) is 6.04 Å². The van der Waals surface area contributed by atoms with Crippen LogP contribution in [-0.4, -0.2) is 6.10 Å². The van der Waals surface area contributed by atoms with Crippen molar-refractivity contribution in [1.29, 1.82) is 0 Å². The highest BCUT2D eigenvalue weighted by molar-refractivity contribution is 6.30. The lowest BCUT2D eigenvalue weighted by Crippen LogP contribution is -2.28. The zero-order valence-electron chi connectivity index (χ0n) is 11.1. The summed E-state index contributed by atoms with van der Waals surface area (Å²) < 4.78 is 5.83. The van der Waals surface area contributed by atoms with Crippen LogP contribution in [0.3, 0.4) is 0 Å². The van der Waals surface area contributed by atoms with E-state index in [1.807, 2.05) is 48.5 Å². The van der Waals surface area contributed by atoms with E-state index in [9.17, 15) is 0 Å². The topological polar surface area (TPSA) is 47.3 Å². The molecule has 3 nitrogen and oxygen atoms in total. The van der Waals surface area contributed by atoms with Crippen molar-refractivity contribution in [2.75, 3.05) is 0 Å². The molecule has 3 rings (SSSR count). The second-order valence-corrected chi connectivity index (χ2v) is 5.48. The average Bonchev–Trinajstić information content (AvgIpc) is 3.24. The molecule has 104 valence electrons. The monoisotopic (exact) mass is 288 g/mol. The number of ether oxygens (including phenoxy) is 1. The Bertz CT molecular complexity index is 599. The van der Waals surface area contributed by atoms with Gasteiger partial charge in [-0.1, -0.05) is 35.9 Å². The Balaban J connectivity index is 1.88. The molecule has 0 aromatic heterocycles. The summed E-state index contributed by atoms with van der Waals surface area (Å²) >= 11 is 6.05. The van der Waals surface area contributed by atoms with E-state index in [0.717, 1.165) is 29.7 Å². The van der Waals surface area contributed by atoms with Crippen molar-refractivity contribution in [3.8, 4) is 5.75 Å². The molecule has 1 saturated carbocycles. The van der Waals surface area contributed by atoms with E-state index in [1.54, 1.807) is 0 Å². The standard InChI is InChI=1S/C16H17ClN2O/c17-13-5-1-3-11(9-13)16(19-18)12-4-2-6-15(10-12)20-14-7-8-14/h1-6,9-10,14,16,19H,7-8,18H2. The summed E-state index contributed by atoms with van der Waals surface area (Å²) in [5.41, 5.74) is 4.94. The Morgan fingerprint density at radius 2 is 1.80 bits per heavy atom. The maximum Gasteiger partial charge on any atom is 0.120 e. The molecule has 4 heteroatoms. The molecule has 0 spiro atoms. The molecule has 2 aromatic carbocycles. The zero-order chi connectivity index (χ0) is 13.9. The average molecular weight is 289 g/mol. The molecule has 1 fully saturated rings. The minimum absolute atomic E-state index is 0.101. The lowest BCUT2D eigenvalue weighted by atomic mass is 9.99. The smallest absolute Gasteiger partial charge is 0.120 e. The van der Waals surface area contributed by atoms with Crippen molar-refractivity contribution in [2.45, 2.75) is 25.0 Å². The van der Waals surface area contributed by atoms with Crippen molar-refractivity contribution in [1.82, 2.24) is 5.43 Å². The van der Waals surface area contributed by atoms with Gasteiger partial charge >= 0.3 is 0 Å². The minimum Gasteiger partial charge on any atom is -0.490 e. The van der Waals surface area contributed by atoms with Crippen LogP contribution in [-0.2, 0) is 0 Å². The first kappa shape index (κ1) is 13.4. The third-order valence-electron chi connectivity index (χ3n) is 3.37. The highest BCUT2D eigenvalue weighted by Crippen LogP contribution is 2.30. The second kappa shape index (κ2) is 5.83. The van der Waals surface area contributed by atoms with Gasteiger partial charge in [0.15, 0.2) is 0 Å². The highest BCUT2D eigenvalue weighted by Gasteiger charge is 2.23. The normalized spacial score (nSPS) is 15.9. The number of nitrogens with two attached hydrogens (primary N) is 1. The number of hydrazine groups is 1. The van der Waals surface area contributed by atoms with Crippen molar-refractivity contribution in [3.63, 3.8) is 0 Å². The predicted molar refractivity (Wildman–Crippen MR) is 80.7 cm³/mol. The summed E-state index contributed by atoms with van der Waals surface area (Å²) in [6.45, 7) is 0. The van der Waals surface area contributed by atoms with E-state index in [1.165, 1.54) is 0 Å². The first-order valence-electron chi connectivity index (χ1n) is 6.74. The molecule has 1 aliphatic rings. The van der Waals surface area contributed by atoms with Gasteiger partial charge in [-0.15, -0.1) is 0 Å². The number of hydrogen-bond acceptors (Lipinski definition) is 3. The van der Waals surface area contributed by atoms with Gasteiger partial charge in [-0.05, 0) is 48.2 Å². The van der Waals surface area contributed by atoms with Crippen LogP contribution in [0.5, 0.6) is 5.75 Å². The third-order valence-corrected chi connectivity index (χ3v) is 3.60.